The SMILES string of the molecule is C#CCN1CCN(CCCOc2cc3ncnc(Nc4nc(OC)cnc4Cl)c3cc2OC)CC1. The second-order valence-electron chi connectivity index (χ2n) is 7.94. The molecule has 1 fully saturated rings. The number of methoxy groups -OCH3 is 2. The van der Waals surface area contributed by atoms with Crippen molar-refractivity contribution in [3.05, 3.63) is 29.8 Å². The van der Waals surface area contributed by atoms with Crippen molar-refractivity contribution in [3.8, 4) is 29.7 Å². The van der Waals surface area contributed by atoms with Gasteiger partial charge in [-0.25, -0.2) is 15.0 Å². The van der Waals surface area contributed by atoms with E-state index in [9.17, 15) is 0 Å². The first-order valence-electron chi connectivity index (χ1n) is 11.3. The molecule has 0 bridgehead atoms. The number of benzene rings is 1. The van der Waals surface area contributed by atoms with Crippen LogP contribution >= 0.6 is 11.6 Å². The number of halogens is 1. The minimum Gasteiger partial charge on any atom is -0.493 e. The van der Waals surface area contributed by atoms with Crippen molar-refractivity contribution in [3.63, 3.8) is 0 Å². The Balaban J connectivity index is 1.42. The highest BCUT2D eigenvalue weighted by Gasteiger charge is 2.17. The minimum absolute atomic E-state index is 0.196. The lowest BCUT2D eigenvalue weighted by atomic mass is 10.2. The molecule has 0 saturated carbocycles. The Bertz CT molecular complexity index is 1200. The van der Waals surface area contributed by atoms with E-state index in [-0.39, 0.29) is 5.15 Å². The fraction of sp³-hybridized carbons (Fsp3) is 0.417. The maximum atomic E-state index is 6.19. The molecule has 3 heterocycles. The van der Waals surface area contributed by atoms with Gasteiger partial charge in [0.25, 0.3) is 0 Å². The number of hydrogen-bond donors (Lipinski definition) is 1. The Morgan fingerprint density at radius 1 is 1.03 bits per heavy atom. The highest BCUT2D eigenvalue weighted by molar-refractivity contribution is 6.31. The van der Waals surface area contributed by atoms with Crippen molar-refractivity contribution in [2.24, 2.45) is 0 Å². The number of fused-ring (bicyclic) bond motifs is 1. The van der Waals surface area contributed by atoms with Crippen molar-refractivity contribution in [1.29, 1.82) is 0 Å². The zero-order valence-corrected chi connectivity index (χ0v) is 20.6. The van der Waals surface area contributed by atoms with Crippen LogP contribution in [0.5, 0.6) is 17.4 Å². The van der Waals surface area contributed by atoms with E-state index in [2.05, 4.69) is 41.0 Å². The number of nitrogens with one attached hydrogen (secondary N) is 1. The predicted octanol–water partition coefficient (Wildman–Crippen LogP) is 2.85. The molecule has 1 N–H and O–H groups in total. The first kappa shape index (κ1) is 24.7. The summed E-state index contributed by atoms with van der Waals surface area (Å²) in [7, 11) is 3.11. The van der Waals surface area contributed by atoms with E-state index in [1.54, 1.807) is 7.11 Å². The van der Waals surface area contributed by atoms with Crippen molar-refractivity contribution in [2.45, 2.75) is 6.42 Å². The third kappa shape index (κ3) is 6.19. The fourth-order valence-corrected chi connectivity index (χ4v) is 3.99. The number of terminal acetylenes is 1. The lowest BCUT2D eigenvalue weighted by molar-refractivity contribution is 0.136. The number of anilines is 2. The van der Waals surface area contributed by atoms with E-state index in [4.69, 9.17) is 32.2 Å². The van der Waals surface area contributed by atoms with E-state index in [0.717, 1.165) is 51.1 Å². The van der Waals surface area contributed by atoms with E-state index < -0.39 is 0 Å². The van der Waals surface area contributed by atoms with Crippen molar-refractivity contribution in [2.75, 3.05) is 65.4 Å². The molecule has 35 heavy (non-hydrogen) atoms. The molecule has 3 aromatic rings. The van der Waals surface area contributed by atoms with Crippen molar-refractivity contribution in [1.82, 2.24) is 29.7 Å². The summed E-state index contributed by atoms with van der Waals surface area (Å²) in [5, 5.41) is 4.03. The number of ether oxygens (including phenoxy) is 3. The quantitative estimate of drug-likeness (QED) is 0.332. The first-order valence-corrected chi connectivity index (χ1v) is 11.7. The van der Waals surface area contributed by atoms with E-state index in [0.29, 0.717) is 41.1 Å². The van der Waals surface area contributed by atoms with Crippen LogP contribution in [0.15, 0.2) is 24.7 Å². The normalized spacial score (nSPS) is 14.5. The minimum atomic E-state index is 0.196. The van der Waals surface area contributed by atoms with Crippen molar-refractivity contribution >= 4 is 34.1 Å². The van der Waals surface area contributed by atoms with E-state index in [1.165, 1.54) is 19.6 Å². The van der Waals surface area contributed by atoms with Crippen LogP contribution in [0.1, 0.15) is 6.42 Å². The summed E-state index contributed by atoms with van der Waals surface area (Å²) in [6.07, 6.45) is 9.21. The average molecular weight is 498 g/mol. The Hall–Kier alpha value is -3.39. The van der Waals surface area contributed by atoms with Crippen LogP contribution in [0.2, 0.25) is 5.15 Å². The van der Waals surface area contributed by atoms with Crippen LogP contribution in [0.3, 0.4) is 0 Å². The summed E-state index contributed by atoms with van der Waals surface area (Å²) in [5.74, 6) is 5.09. The van der Waals surface area contributed by atoms with Gasteiger partial charge in [-0.1, -0.05) is 17.5 Å². The summed E-state index contributed by atoms with van der Waals surface area (Å²) in [5.41, 5.74) is 0.690. The molecule has 10 nitrogen and oxygen atoms in total. The van der Waals surface area contributed by atoms with Gasteiger partial charge >= 0.3 is 0 Å². The molecule has 4 rings (SSSR count). The van der Waals surface area contributed by atoms with Gasteiger partial charge in [-0.15, -0.1) is 6.42 Å². The molecule has 0 unspecified atom stereocenters. The molecule has 0 spiro atoms. The molecule has 1 aliphatic rings. The standard InChI is InChI=1S/C24H28ClN7O3/c1-4-6-31-8-10-32(11-9-31)7-5-12-35-20-14-18-17(13-19(20)33-2)23(28-16-27-18)30-24-22(25)26-15-21(29-24)34-3/h1,13-16H,5-12H2,2-3H3,(H,27,28,29,30). The van der Waals surface area contributed by atoms with Gasteiger partial charge in [0, 0.05) is 44.2 Å². The number of rotatable bonds is 10. The molecule has 2 aromatic heterocycles. The zero-order valence-electron chi connectivity index (χ0n) is 19.8. The summed E-state index contributed by atoms with van der Waals surface area (Å²) in [6, 6.07) is 3.68. The van der Waals surface area contributed by atoms with Gasteiger partial charge in [-0.2, -0.15) is 4.98 Å². The summed E-state index contributed by atoms with van der Waals surface area (Å²) < 4.78 is 16.8. The third-order valence-corrected chi connectivity index (χ3v) is 6.01. The molecule has 1 aliphatic heterocycles. The van der Waals surface area contributed by atoms with Crippen LogP contribution < -0.4 is 19.5 Å². The van der Waals surface area contributed by atoms with Crippen LogP contribution in [0.25, 0.3) is 10.9 Å². The molecule has 0 aliphatic carbocycles. The second-order valence-corrected chi connectivity index (χ2v) is 8.30. The van der Waals surface area contributed by atoms with Crippen molar-refractivity contribution < 1.29 is 14.2 Å². The third-order valence-electron chi connectivity index (χ3n) is 5.73. The molecular formula is C24H28ClN7O3. The Morgan fingerprint density at radius 2 is 1.83 bits per heavy atom. The smallest absolute Gasteiger partial charge is 0.234 e. The average Bonchev–Trinajstić information content (AvgIpc) is 2.88. The van der Waals surface area contributed by atoms with Crippen LogP contribution in [-0.2, 0) is 0 Å². The zero-order chi connectivity index (χ0) is 24.6. The number of aromatic nitrogens is 4. The van der Waals surface area contributed by atoms with Gasteiger partial charge < -0.3 is 24.4 Å². The number of nitrogens with zero attached hydrogens (tertiary/aromatic N) is 6. The molecule has 0 radical (unpaired) electrons. The highest BCUT2D eigenvalue weighted by atomic mass is 35.5. The lowest BCUT2D eigenvalue weighted by Gasteiger charge is -2.33. The maximum absolute atomic E-state index is 6.19. The van der Waals surface area contributed by atoms with Gasteiger partial charge in [0.1, 0.15) is 12.1 Å². The molecule has 1 aromatic carbocycles. The van der Waals surface area contributed by atoms with Crippen LogP contribution in [-0.4, -0.2) is 89.8 Å². The lowest BCUT2D eigenvalue weighted by Crippen LogP contribution is -2.46. The fourth-order valence-electron chi connectivity index (χ4n) is 3.85. The first-order chi connectivity index (χ1) is 17.1. The second kappa shape index (κ2) is 11.8. The largest absolute Gasteiger partial charge is 0.493 e. The molecular weight excluding hydrogens is 470 g/mol. The Morgan fingerprint density at radius 3 is 2.57 bits per heavy atom. The molecule has 0 atom stereocenters. The molecule has 0 amide bonds. The van der Waals surface area contributed by atoms with Gasteiger partial charge in [0.15, 0.2) is 22.5 Å². The number of hydrogen-bond acceptors (Lipinski definition) is 10. The highest BCUT2D eigenvalue weighted by Crippen LogP contribution is 2.35. The maximum Gasteiger partial charge on any atom is 0.234 e. The summed E-state index contributed by atoms with van der Waals surface area (Å²) >= 11 is 6.19. The predicted molar refractivity (Wildman–Crippen MR) is 135 cm³/mol. The molecule has 184 valence electrons. The van der Waals surface area contributed by atoms with Gasteiger partial charge in [0.05, 0.1) is 39.1 Å². The van der Waals surface area contributed by atoms with Gasteiger partial charge in [0.2, 0.25) is 5.88 Å². The van der Waals surface area contributed by atoms with Gasteiger partial charge in [-0.3, -0.25) is 4.90 Å². The topological polar surface area (TPSA) is 97.8 Å². The van der Waals surface area contributed by atoms with Crippen LogP contribution in [0.4, 0.5) is 11.6 Å². The molecule has 1 saturated heterocycles. The Kier molecular flexibility index (Phi) is 8.36. The van der Waals surface area contributed by atoms with E-state index in [1.807, 2.05) is 12.1 Å². The summed E-state index contributed by atoms with van der Waals surface area (Å²) in [6.45, 7) is 6.32. The number of piperazine rings is 1. The van der Waals surface area contributed by atoms with Gasteiger partial charge in [-0.05, 0) is 12.5 Å². The van der Waals surface area contributed by atoms with E-state index >= 15 is 0 Å². The molecule has 11 heteroatoms. The monoisotopic (exact) mass is 497 g/mol. The Labute approximate surface area is 209 Å². The van der Waals surface area contributed by atoms with Crippen LogP contribution in [0, 0.1) is 12.3 Å². The summed E-state index contributed by atoms with van der Waals surface area (Å²) in [4.78, 5) is 21.8.